The summed E-state index contributed by atoms with van der Waals surface area (Å²) in [6.07, 6.45) is 0. The predicted molar refractivity (Wildman–Crippen MR) is 104 cm³/mol. The zero-order valence-corrected chi connectivity index (χ0v) is 16.3. The van der Waals surface area contributed by atoms with Gasteiger partial charge in [0.25, 0.3) is 11.8 Å². The van der Waals surface area contributed by atoms with E-state index in [1.807, 2.05) is 0 Å². The van der Waals surface area contributed by atoms with Crippen molar-refractivity contribution in [2.45, 2.75) is 0 Å². The number of carbonyl (C=O) groups excluding carboxylic acids is 2. The van der Waals surface area contributed by atoms with Gasteiger partial charge in [0.15, 0.2) is 23.0 Å². The van der Waals surface area contributed by atoms with Crippen LogP contribution in [0, 0.1) is 0 Å². The third-order valence-corrected chi connectivity index (χ3v) is 3.99. The second kappa shape index (κ2) is 10.1. The first-order valence-corrected chi connectivity index (χ1v) is 8.55. The molecule has 0 atom stereocenters. The van der Waals surface area contributed by atoms with Gasteiger partial charge in [0.1, 0.15) is 0 Å². The average molecular weight is 388 g/mol. The molecule has 0 bridgehead atoms. The van der Waals surface area contributed by atoms with Gasteiger partial charge in [0.05, 0.1) is 34.0 Å². The van der Waals surface area contributed by atoms with E-state index < -0.39 is 0 Å². The minimum atomic E-state index is -0.323. The van der Waals surface area contributed by atoms with Crippen molar-refractivity contribution in [3.8, 4) is 23.0 Å². The molecule has 0 aliphatic carbocycles. The van der Waals surface area contributed by atoms with Crippen molar-refractivity contribution >= 4 is 11.8 Å². The average Bonchev–Trinajstić information content (AvgIpc) is 2.74. The molecule has 28 heavy (non-hydrogen) atoms. The summed E-state index contributed by atoms with van der Waals surface area (Å²) in [5.74, 6) is 1.23. The van der Waals surface area contributed by atoms with Crippen LogP contribution in [0.4, 0.5) is 0 Å². The molecule has 8 nitrogen and oxygen atoms in total. The van der Waals surface area contributed by atoms with E-state index in [0.29, 0.717) is 34.1 Å². The lowest BCUT2D eigenvalue weighted by Crippen LogP contribution is -2.34. The van der Waals surface area contributed by atoms with Crippen LogP contribution in [0.15, 0.2) is 36.4 Å². The van der Waals surface area contributed by atoms with Crippen LogP contribution in [-0.4, -0.2) is 53.3 Å². The van der Waals surface area contributed by atoms with E-state index in [4.69, 9.17) is 18.9 Å². The van der Waals surface area contributed by atoms with Gasteiger partial charge in [0, 0.05) is 18.7 Å². The molecule has 0 radical (unpaired) electrons. The van der Waals surface area contributed by atoms with Crippen molar-refractivity contribution in [2.75, 3.05) is 41.5 Å². The van der Waals surface area contributed by atoms with Crippen LogP contribution < -0.4 is 29.6 Å². The van der Waals surface area contributed by atoms with E-state index in [0.717, 1.165) is 0 Å². The van der Waals surface area contributed by atoms with Crippen molar-refractivity contribution in [1.29, 1.82) is 0 Å². The van der Waals surface area contributed by atoms with Crippen molar-refractivity contribution in [3.05, 3.63) is 47.5 Å². The molecule has 8 heteroatoms. The summed E-state index contributed by atoms with van der Waals surface area (Å²) in [4.78, 5) is 24.6. The molecular formula is C20H24N2O6. The van der Waals surface area contributed by atoms with Crippen molar-refractivity contribution in [3.63, 3.8) is 0 Å². The standard InChI is InChI=1S/C20H24N2O6/c1-25-15-9-8-13(12-17(15)27-3)19(23)21-10-11-22-20(24)14-6-5-7-16(26-2)18(14)28-4/h5-9,12H,10-11H2,1-4H3,(H,21,23)(H,22,24). The number of rotatable bonds is 9. The molecule has 2 aromatic rings. The Labute approximate surface area is 163 Å². The lowest BCUT2D eigenvalue weighted by atomic mass is 10.1. The molecular weight excluding hydrogens is 364 g/mol. The second-order valence-corrected chi connectivity index (χ2v) is 5.62. The third kappa shape index (κ3) is 4.85. The lowest BCUT2D eigenvalue weighted by molar-refractivity contribution is 0.0925. The molecule has 2 N–H and O–H groups in total. The van der Waals surface area contributed by atoms with Gasteiger partial charge in [-0.15, -0.1) is 0 Å². The second-order valence-electron chi connectivity index (χ2n) is 5.62. The van der Waals surface area contributed by atoms with Gasteiger partial charge in [0.2, 0.25) is 0 Å². The van der Waals surface area contributed by atoms with E-state index in [1.165, 1.54) is 28.4 Å². The number of methoxy groups -OCH3 is 4. The van der Waals surface area contributed by atoms with E-state index in [-0.39, 0.29) is 24.9 Å². The van der Waals surface area contributed by atoms with E-state index >= 15 is 0 Å². The zero-order chi connectivity index (χ0) is 20.5. The first-order chi connectivity index (χ1) is 13.5. The molecule has 0 fully saturated rings. The molecule has 0 aliphatic rings. The molecule has 0 aliphatic heterocycles. The lowest BCUT2D eigenvalue weighted by Gasteiger charge is -2.13. The summed E-state index contributed by atoms with van der Waals surface area (Å²) in [7, 11) is 6.00. The number of benzene rings is 2. The Morgan fingerprint density at radius 2 is 1.39 bits per heavy atom. The highest BCUT2D eigenvalue weighted by Gasteiger charge is 2.16. The Kier molecular flexibility index (Phi) is 7.50. The molecule has 0 unspecified atom stereocenters. The van der Waals surface area contributed by atoms with Crippen LogP contribution in [0.2, 0.25) is 0 Å². The zero-order valence-electron chi connectivity index (χ0n) is 16.3. The van der Waals surface area contributed by atoms with Crippen molar-refractivity contribution < 1.29 is 28.5 Å². The maximum atomic E-state index is 12.4. The monoisotopic (exact) mass is 388 g/mol. The molecule has 2 aromatic carbocycles. The first kappa shape index (κ1) is 20.9. The smallest absolute Gasteiger partial charge is 0.255 e. The van der Waals surface area contributed by atoms with E-state index in [2.05, 4.69) is 10.6 Å². The molecule has 150 valence electrons. The normalized spacial score (nSPS) is 10.0. The maximum absolute atomic E-state index is 12.4. The fraction of sp³-hybridized carbons (Fsp3) is 0.300. The molecule has 0 heterocycles. The van der Waals surface area contributed by atoms with Gasteiger partial charge in [-0.1, -0.05) is 6.07 Å². The van der Waals surface area contributed by atoms with Gasteiger partial charge in [-0.25, -0.2) is 0 Å². The number of carbonyl (C=O) groups is 2. The molecule has 2 amide bonds. The fourth-order valence-electron chi connectivity index (χ4n) is 2.59. The number of amides is 2. The molecule has 0 saturated heterocycles. The van der Waals surface area contributed by atoms with Crippen molar-refractivity contribution in [2.24, 2.45) is 0 Å². The quantitative estimate of drug-likeness (QED) is 0.637. The molecule has 0 spiro atoms. The predicted octanol–water partition coefficient (Wildman–Crippen LogP) is 1.88. The Balaban J connectivity index is 1.91. The summed E-state index contributed by atoms with van der Waals surface area (Å²) in [6.45, 7) is 0.503. The number of hydrogen-bond donors (Lipinski definition) is 2. The SMILES string of the molecule is COc1ccc(C(=O)NCCNC(=O)c2cccc(OC)c2OC)cc1OC. The fourth-order valence-corrected chi connectivity index (χ4v) is 2.59. The van der Waals surface area contributed by atoms with Crippen LogP contribution in [0.3, 0.4) is 0 Å². The third-order valence-electron chi connectivity index (χ3n) is 3.99. The summed E-state index contributed by atoms with van der Waals surface area (Å²) < 4.78 is 20.8. The van der Waals surface area contributed by atoms with E-state index in [9.17, 15) is 9.59 Å². The van der Waals surface area contributed by atoms with E-state index in [1.54, 1.807) is 36.4 Å². The van der Waals surface area contributed by atoms with Gasteiger partial charge >= 0.3 is 0 Å². The molecule has 0 aromatic heterocycles. The topological polar surface area (TPSA) is 95.1 Å². The molecule has 0 saturated carbocycles. The first-order valence-electron chi connectivity index (χ1n) is 8.55. The minimum absolute atomic E-state index is 0.248. The number of nitrogens with one attached hydrogen (secondary N) is 2. The maximum Gasteiger partial charge on any atom is 0.255 e. The molecule has 2 rings (SSSR count). The van der Waals surface area contributed by atoms with Crippen LogP contribution in [-0.2, 0) is 0 Å². The highest BCUT2D eigenvalue weighted by molar-refractivity contribution is 5.98. The van der Waals surface area contributed by atoms with Crippen LogP contribution in [0.1, 0.15) is 20.7 Å². The largest absolute Gasteiger partial charge is 0.493 e. The minimum Gasteiger partial charge on any atom is -0.493 e. The van der Waals surface area contributed by atoms with Crippen LogP contribution in [0.5, 0.6) is 23.0 Å². The Morgan fingerprint density at radius 3 is 2.00 bits per heavy atom. The van der Waals surface area contributed by atoms with Crippen molar-refractivity contribution in [1.82, 2.24) is 10.6 Å². The Morgan fingerprint density at radius 1 is 0.750 bits per heavy atom. The summed E-state index contributed by atoms with van der Waals surface area (Å²) in [6, 6.07) is 9.93. The summed E-state index contributed by atoms with van der Waals surface area (Å²) >= 11 is 0. The number of hydrogen-bond acceptors (Lipinski definition) is 6. The van der Waals surface area contributed by atoms with Gasteiger partial charge in [-0.3, -0.25) is 9.59 Å². The summed E-state index contributed by atoms with van der Waals surface area (Å²) in [5, 5.41) is 5.48. The van der Waals surface area contributed by atoms with Gasteiger partial charge < -0.3 is 29.6 Å². The van der Waals surface area contributed by atoms with Gasteiger partial charge in [-0.2, -0.15) is 0 Å². The highest BCUT2D eigenvalue weighted by Crippen LogP contribution is 2.30. The number of ether oxygens (including phenoxy) is 4. The number of para-hydroxylation sites is 1. The summed E-state index contributed by atoms with van der Waals surface area (Å²) in [5.41, 5.74) is 0.784. The van der Waals surface area contributed by atoms with Crippen LogP contribution >= 0.6 is 0 Å². The Hall–Kier alpha value is -3.42. The van der Waals surface area contributed by atoms with Crippen LogP contribution in [0.25, 0.3) is 0 Å². The highest BCUT2D eigenvalue weighted by atomic mass is 16.5. The van der Waals surface area contributed by atoms with Gasteiger partial charge in [-0.05, 0) is 30.3 Å². The Bertz CT molecular complexity index is 837.